The molecule has 7 atom stereocenters. The number of esters is 3. The number of rotatable bonds is 7. The first-order chi connectivity index (χ1) is 13.8. The molecular weight excluding hydrogens is 437 g/mol. The Morgan fingerprint density at radius 1 is 1.30 bits per heavy atom. The highest BCUT2D eigenvalue weighted by Crippen LogP contribution is 2.59. The Morgan fingerprint density at radius 3 is 2.47 bits per heavy atom. The lowest BCUT2D eigenvalue weighted by atomic mass is 9.78. The molecule has 9 nitrogen and oxygen atoms in total. The van der Waals surface area contributed by atoms with E-state index in [1.165, 1.54) is 6.92 Å². The van der Waals surface area contributed by atoms with Gasteiger partial charge in [0.15, 0.2) is 0 Å². The van der Waals surface area contributed by atoms with Crippen molar-refractivity contribution in [1.82, 2.24) is 0 Å². The van der Waals surface area contributed by atoms with E-state index in [2.05, 4.69) is 15.5 Å². The maximum Gasteiger partial charge on any atom is 0.426 e. The largest absolute Gasteiger partial charge is 0.458 e. The summed E-state index contributed by atoms with van der Waals surface area (Å²) in [5, 5.41) is 0. The standard InChI is InChI=1S/C17H19F3O9S/c1-6(2)14(21)28-12-7-4-8-11(16(23)29-13(8)12)10(7)15(22)27-9(17(18,19)20)5-30(24,25)26-3/h7-13H,1,4-5H2,2-3H3. The van der Waals surface area contributed by atoms with Crippen LogP contribution in [0.5, 0.6) is 0 Å². The molecule has 0 aromatic carbocycles. The molecule has 0 radical (unpaired) electrons. The molecule has 168 valence electrons. The highest BCUT2D eigenvalue weighted by molar-refractivity contribution is 7.86. The Hall–Kier alpha value is -2.15. The van der Waals surface area contributed by atoms with Crippen LogP contribution >= 0.6 is 0 Å². The molecule has 30 heavy (non-hydrogen) atoms. The van der Waals surface area contributed by atoms with E-state index >= 15 is 0 Å². The van der Waals surface area contributed by atoms with Gasteiger partial charge in [-0.2, -0.15) is 21.6 Å². The summed E-state index contributed by atoms with van der Waals surface area (Å²) < 4.78 is 81.6. The molecule has 0 spiro atoms. The fourth-order valence-electron chi connectivity index (χ4n) is 4.36. The maximum absolute atomic E-state index is 13.3. The molecule has 3 rings (SSSR count). The van der Waals surface area contributed by atoms with Crippen LogP contribution in [0.15, 0.2) is 12.2 Å². The summed E-state index contributed by atoms with van der Waals surface area (Å²) in [5.74, 6) is -8.36. The van der Waals surface area contributed by atoms with Crippen LogP contribution in [0.2, 0.25) is 0 Å². The van der Waals surface area contributed by atoms with Crippen molar-refractivity contribution in [3.63, 3.8) is 0 Å². The Balaban J connectivity index is 1.83. The average molecular weight is 456 g/mol. The zero-order valence-corrected chi connectivity index (χ0v) is 16.7. The lowest BCUT2D eigenvalue weighted by Crippen LogP contribution is -2.47. The minimum absolute atomic E-state index is 0.0553. The molecular formula is C17H19F3O9S. The first-order valence-corrected chi connectivity index (χ1v) is 10.5. The number of halogens is 3. The van der Waals surface area contributed by atoms with Crippen molar-refractivity contribution in [2.75, 3.05) is 12.9 Å². The van der Waals surface area contributed by atoms with E-state index in [0.29, 0.717) is 7.11 Å². The fraction of sp³-hybridized carbons (Fsp3) is 0.706. The number of carbonyl (C=O) groups is 3. The van der Waals surface area contributed by atoms with Crippen molar-refractivity contribution in [2.24, 2.45) is 23.7 Å². The lowest BCUT2D eigenvalue weighted by molar-refractivity contribution is -0.219. The summed E-state index contributed by atoms with van der Waals surface area (Å²) in [4.78, 5) is 36.7. The molecule has 0 N–H and O–H groups in total. The van der Waals surface area contributed by atoms with Crippen LogP contribution in [0.4, 0.5) is 13.2 Å². The van der Waals surface area contributed by atoms with Crippen LogP contribution in [-0.4, -0.2) is 63.7 Å². The van der Waals surface area contributed by atoms with Gasteiger partial charge in [-0.3, -0.25) is 13.8 Å². The summed E-state index contributed by atoms with van der Waals surface area (Å²) in [6.07, 6.45) is -9.80. The summed E-state index contributed by atoms with van der Waals surface area (Å²) in [5.41, 5.74) is 0.0553. The van der Waals surface area contributed by atoms with Gasteiger partial charge in [-0.25, -0.2) is 4.79 Å². The summed E-state index contributed by atoms with van der Waals surface area (Å²) >= 11 is 0. The van der Waals surface area contributed by atoms with E-state index in [9.17, 15) is 36.0 Å². The first-order valence-electron chi connectivity index (χ1n) is 8.89. The second-order valence-corrected chi connectivity index (χ2v) is 9.31. The Kier molecular flexibility index (Phi) is 5.65. The predicted octanol–water partition coefficient (Wildman–Crippen LogP) is 0.732. The number of carbonyl (C=O) groups excluding carboxylic acids is 3. The number of hydrogen-bond acceptors (Lipinski definition) is 9. The van der Waals surface area contributed by atoms with Gasteiger partial charge in [0, 0.05) is 17.4 Å². The lowest BCUT2D eigenvalue weighted by Gasteiger charge is -2.31. The smallest absolute Gasteiger partial charge is 0.426 e. The number of fused-ring (bicyclic) bond motifs is 1. The van der Waals surface area contributed by atoms with E-state index in [1.54, 1.807) is 0 Å². The van der Waals surface area contributed by atoms with Gasteiger partial charge in [-0.05, 0) is 13.3 Å². The van der Waals surface area contributed by atoms with E-state index in [-0.39, 0.29) is 12.0 Å². The van der Waals surface area contributed by atoms with Gasteiger partial charge in [-0.15, -0.1) is 0 Å². The first kappa shape index (κ1) is 22.5. The minimum atomic E-state index is -5.19. The topological polar surface area (TPSA) is 122 Å². The molecule has 3 fully saturated rings. The Labute approximate surface area is 169 Å². The van der Waals surface area contributed by atoms with E-state index < -0.39 is 81.9 Å². The van der Waals surface area contributed by atoms with Gasteiger partial charge in [-0.1, -0.05) is 6.58 Å². The van der Waals surface area contributed by atoms with Crippen molar-refractivity contribution in [2.45, 2.75) is 37.8 Å². The van der Waals surface area contributed by atoms with Crippen molar-refractivity contribution >= 4 is 28.0 Å². The normalized spacial score (nSPS) is 33.2. The molecule has 13 heteroatoms. The molecule has 1 saturated heterocycles. The number of alkyl halides is 3. The van der Waals surface area contributed by atoms with E-state index in [1.807, 2.05) is 0 Å². The van der Waals surface area contributed by atoms with Crippen molar-refractivity contribution < 1.29 is 54.4 Å². The van der Waals surface area contributed by atoms with E-state index in [0.717, 1.165) is 0 Å². The quantitative estimate of drug-likeness (QED) is 0.236. The third-order valence-electron chi connectivity index (χ3n) is 5.64. The van der Waals surface area contributed by atoms with Gasteiger partial charge in [0.2, 0.25) is 6.10 Å². The third-order valence-corrected chi connectivity index (χ3v) is 6.86. The van der Waals surface area contributed by atoms with Crippen LogP contribution in [-0.2, 0) is 42.9 Å². The van der Waals surface area contributed by atoms with Crippen LogP contribution in [0.25, 0.3) is 0 Å². The zero-order valence-electron chi connectivity index (χ0n) is 15.9. The molecule has 0 aromatic heterocycles. The van der Waals surface area contributed by atoms with Crippen molar-refractivity contribution in [3.05, 3.63) is 12.2 Å². The molecule has 0 aromatic rings. The fourth-order valence-corrected chi connectivity index (χ4v) is 5.12. The zero-order chi connectivity index (χ0) is 22.6. The van der Waals surface area contributed by atoms with Crippen LogP contribution < -0.4 is 0 Å². The number of hydrogen-bond donors (Lipinski definition) is 0. The predicted molar refractivity (Wildman–Crippen MR) is 89.9 cm³/mol. The molecule has 0 amide bonds. The molecule has 1 heterocycles. The van der Waals surface area contributed by atoms with Crippen LogP contribution in [0, 0.1) is 23.7 Å². The van der Waals surface area contributed by atoms with Gasteiger partial charge in [0.25, 0.3) is 10.1 Å². The molecule has 3 aliphatic rings. The van der Waals surface area contributed by atoms with Gasteiger partial charge in [0.05, 0.1) is 18.9 Å². The monoisotopic (exact) mass is 456 g/mol. The van der Waals surface area contributed by atoms with Gasteiger partial charge in [0.1, 0.15) is 18.0 Å². The summed E-state index contributed by atoms with van der Waals surface area (Å²) in [6.45, 7) is 4.81. The SMILES string of the molecule is C=C(C)C(=O)OC1C2CC3C1OC(=O)C3C2C(=O)OC(CS(=O)(=O)OC)C(F)(F)F. The molecule has 1 aliphatic heterocycles. The molecule has 2 saturated carbocycles. The second kappa shape index (κ2) is 7.52. The molecule has 2 aliphatic carbocycles. The molecule has 7 unspecified atom stereocenters. The summed E-state index contributed by atoms with van der Waals surface area (Å²) in [7, 11) is -3.93. The number of ether oxygens (including phenoxy) is 3. The van der Waals surface area contributed by atoms with Crippen molar-refractivity contribution in [3.8, 4) is 0 Å². The molecule has 2 bridgehead atoms. The van der Waals surface area contributed by atoms with Crippen molar-refractivity contribution in [1.29, 1.82) is 0 Å². The average Bonchev–Trinajstić information content (AvgIpc) is 3.23. The second-order valence-electron chi connectivity index (χ2n) is 7.52. The highest BCUT2D eigenvalue weighted by Gasteiger charge is 2.70. The Bertz CT molecular complexity index is 881. The van der Waals surface area contributed by atoms with Crippen LogP contribution in [0.3, 0.4) is 0 Å². The van der Waals surface area contributed by atoms with Gasteiger partial charge >= 0.3 is 24.1 Å². The van der Waals surface area contributed by atoms with Gasteiger partial charge < -0.3 is 14.2 Å². The highest BCUT2D eigenvalue weighted by atomic mass is 32.2. The van der Waals surface area contributed by atoms with E-state index in [4.69, 9.17) is 9.47 Å². The third kappa shape index (κ3) is 3.92. The van der Waals surface area contributed by atoms with Crippen LogP contribution in [0.1, 0.15) is 13.3 Å². The summed E-state index contributed by atoms with van der Waals surface area (Å²) in [6, 6.07) is 0. The maximum atomic E-state index is 13.3. The Morgan fingerprint density at radius 2 is 1.93 bits per heavy atom. The minimum Gasteiger partial charge on any atom is -0.458 e.